The van der Waals surface area contributed by atoms with Crippen LogP contribution in [-0.2, 0) is 0 Å². The first-order valence-electron chi connectivity index (χ1n) is 4.58. The standard InChI is InChI=1S/C11H13NOS/c1-11(2)6-14-9-4-3-7(12)5-8(9)10(11)13/h3-5H,6,12H2,1-2H3. The van der Waals surface area contributed by atoms with Gasteiger partial charge in [-0.1, -0.05) is 13.8 Å². The first-order valence-corrected chi connectivity index (χ1v) is 5.56. The monoisotopic (exact) mass is 207 g/mol. The molecule has 74 valence electrons. The number of anilines is 1. The molecule has 2 rings (SSSR count). The summed E-state index contributed by atoms with van der Waals surface area (Å²) in [7, 11) is 0. The van der Waals surface area contributed by atoms with Crippen LogP contribution >= 0.6 is 11.8 Å². The molecule has 0 bridgehead atoms. The number of ketones is 1. The van der Waals surface area contributed by atoms with Crippen molar-refractivity contribution in [1.29, 1.82) is 0 Å². The number of hydrogen-bond donors (Lipinski definition) is 1. The summed E-state index contributed by atoms with van der Waals surface area (Å²) in [5.41, 5.74) is 6.86. The lowest BCUT2D eigenvalue weighted by Crippen LogP contribution is -2.30. The third kappa shape index (κ3) is 1.42. The van der Waals surface area contributed by atoms with E-state index in [1.807, 2.05) is 26.0 Å². The summed E-state index contributed by atoms with van der Waals surface area (Å²) in [4.78, 5) is 13.1. The number of thioether (sulfide) groups is 1. The van der Waals surface area contributed by atoms with Crippen molar-refractivity contribution < 1.29 is 4.79 Å². The van der Waals surface area contributed by atoms with Crippen LogP contribution in [0.2, 0.25) is 0 Å². The minimum Gasteiger partial charge on any atom is -0.399 e. The van der Waals surface area contributed by atoms with Crippen molar-refractivity contribution in [3.63, 3.8) is 0 Å². The van der Waals surface area contributed by atoms with Crippen LogP contribution in [0.1, 0.15) is 24.2 Å². The lowest BCUT2D eigenvalue weighted by Gasteiger charge is -2.28. The molecule has 2 nitrogen and oxygen atoms in total. The maximum Gasteiger partial charge on any atom is 0.170 e. The second-order valence-corrected chi connectivity index (χ2v) is 5.27. The zero-order valence-electron chi connectivity index (χ0n) is 8.33. The molecule has 0 aromatic heterocycles. The van der Waals surface area contributed by atoms with Crippen molar-refractivity contribution in [2.45, 2.75) is 18.7 Å². The highest BCUT2D eigenvalue weighted by atomic mass is 32.2. The second kappa shape index (κ2) is 3.02. The van der Waals surface area contributed by atoms with Crippen molar-refractivity contribution in [3.8, 4) is 0 Å². The third-order valence-electron chi connectivity index (χ3n) is 2.45. The predicted octanol–water partition coefficient (Wildman–Crippen LogP) is 2.58. The van der Waals surface area contributed by atoms with Gasteiger partial charge in [0.25, 0.3) is 0 Å². The summed E-state index contributed by atoms with van der Waals surface area (Å²) >= 11 is 1.73. The van der Waals surface area contributed by atoms with E-state index in [2.05, 4.69) is 0 Å². The van der Waals surface area contributed by atoms with Crippen LogP contribution in [-0.4, -0.2) is 11.5 Å². The molecule has 0 unspecified atom stereocenters. The molecular weight excluding hydrogens is 194 g/mol. The van der Waals surface area contributed by atoms with Crippen LogP contribution in [0.3, 0.4) is 0 Å². The zero-order valence-corrected chi connectivity index (χ0v) is 9.15. The van der Waals surface area contributed by atoms with Gasteiger partial charge in [-0.3, -0.25) is 4.79 Å². The molecule has 3 heteroatoms. The quantitative estimate of drug-likeness (QED) is 0.665. The number of carbonyl (C=O) groups excluding carboxylic acids is 1. The highest BCUT2D eigenvalue weighted by Gasteiger charge is 2.34. The Kier molecular flexibility index (Phi) is 2.07. The van der Waals surface area contributed by atoms with Crippen molar-refractivity contribution in [1.82, 2.24) is 0 Å². The SMILES string of the molecule is CC1(C)CSc2ccc(N)cc2C1=O. The Morgan fingerprint density at radius 3 is 2.86 bits per heavy atom. The topological polar surface area (TPSA) is 43.1 Å². The van der Waals surface area contributed by atoms with Gasteiger partial charge in [0.05, 0.1) is 0 Å². The van der Waals surface area contributed by atoms with Gasteiger partial charge in [0.2, 0.25) is 0 Å². The Hall–Kier alpha value is -0.960. The summed E-state index contributed by atoms with van der Waals surface area (Å²) in [5.74, 6) is 1.06. The number of carbonyl (C=O) groups is 1. The normalized spacial score (nSPS) is 19.1. The highest BCUT2D eigenvalue weighted by Crippen LogP contribution is 2.39. The van der Waals surface area contributed by atoms with Gasteiger partial charge in [0, 0.05) is 27.3 Å². The maximum absolute atomic E-state index is 12.0. The highest BCUT2D eigenvalue weighted by molar-refractivity contribution is 7.99. The van der Waals surface area contributed by atoms with Gasteiger partial charge in [-0.05, 0) is 18.2 Å². The number of rotatable bonds is 0. The molecule has 0 saturated heterocycles. The number of nitrogens with two attached hydrogens (primary N) is 1. The first kappa shape index (κ1) is 9.59. The van der Waals surface area contributed by atoms with E-state index in [0.29, 0.717) is 5.69 Å². The number of Topliss-reactive ketones (excluding diaryl/α,β-unsaturated/α-hetero) is 1. The van der Waals surface area contributed by atoms with E-state index in [-0.39, 0.29) is 11.2 Å². The molecule has 0 aliphatic carbocycles. The van der Waals surface area contributed by atoms with Crippen LogP contribution in [0.15, 0.2) is 23.1 Å². The maximum atomic E-state index is 12.0. The van der Waals surface area contributed by atoms with Gasteiger partial charge in [0.1, 0.15) is 0 Å². The van der Waals surface area contributed by atoms with Crippen molar-refractivity contribution >= 4 is 23.2 Å². The van der Waals surface area contributed by atoms with Gasteiger partial charge < -0.3 is 5.73 Å². The number of fused-ring (bicyclic) bond motifs is 1. The van der Waals surface area contributed by atoms with Crippen LogP contribution in [0, 0.1) is 5.41 Å². The number of benzene rings is 1. The molecule has 1 heterocycles. The van der Waals surface area contributed by atoms with E-state index in [0.717, 1.165) is 16.2 Å². The number of nitrogen functional groups attached to an aromatic ring is 1. The lowest BCUT2D eigenvalue weighted by atomic mass is 9.85. The smallest absolute Gasteiger partial charge is 0.170 e. The van der Waals surface area contributed by atoms with Gasteiger partial charge >= 0.3 is 0 Å². The summed E-state index contributed by atoms with van der Waals surface area (Å²) < 4.78 is 0. The molecule has 0 spiro atoms. The van der Waals surface area contributed by atoms with E-state index < -0.39 is 0 Å². The van der Waals surface area contributed by atoms with Crippen molar-refractivity contribution in [2.24, 2.45) is 5.41 Å². The molecule has 1 aliphatic heterocycles. The fourth-order valence-electron chi connectivity index (χ4n) is 1.54. The second-order valence-electron chi connectivity index (χ2n) is 4.26. The average Bonchev–Trinajstić information content (AvgIpc) is 2.13. The number of hydrogen-bond acceptors (Lipinski definition) is 3. The van der Waals surface area contributed by atoms with E-state index in [4.69, 9.17) is 5.73 Å². The fourth-order valence-corrected chi connectivity index (χ4v) is 2.66. The Morgan fingerprint density at radius 2 is 2.14 bits per heavy atom. The molecule has 0 fully saturated rings. The van der Waals surface area contributed by atoms with E-state index in [1.165, 1.54) is 0 Å². The van der Waals surface area contributed by atoms with Gasteiger partial charge in [-0.15, -0.1) is 11.8 Å². The van der Waals surface area contributed by atoms with Crippen LogP contribution in [0.4, 0.5) is 5.69 Å². The summed E-state index contributed by atoms with van der Waals surface area (Å²) in [6.45, 7) is 3.96. The summed E-state index contributed by atoms with van der Waals surface area (Å²) in [5, 5.41) is 0. The first-order chi connectivity index (χ1) is 6.50. The van der Waals surface area contributed by atoms with Gasteiger partial charge in [0.15, 0.2) is 5.78 Å². The fraction of sp³-hybridized carbons (Fsp3) is 0.364. The van der Waals surface area contributed by atoms with Crippen LogP contribution in [0.5, 0.6) is 0 Å². The summed E-state index contributed by atoms with van der Waals surface area (Å²) in [6, 6.07) is 5.56. The molecule has 0 saturated carbocycles. The Balaban J connectivity index is 2.54. The molecule has 1 aromatic rings. The Morgan fingerprint density at radius 1 is 1.43 bits per heavy atom. The van der Waals surface area contributed by atoms with E-state index >= 15 is 0 Å². The van der Waals surface area contributed by atoms with Gasteiger partial charge in [-0.25, -0.2) is 0 Å². The average molecular weight is 207 g/mol. The minimum absolute atomic E-state index is 0.207. The minimum atomic E-state index is -0.258. The molecule has 1 aliphatic rings. The summed E-state index contributed by atoms with van der Waals surface area (Å²) in [6.07, 6.45) is 0. The molecule has 1 aromatic carbocycles. The third-order valence-corrected chi connectivity index (χ3v) is 3.98. The van der Waals surface area contributed by atoms with E-state index in [1.54, 1.807) is 17.8 Å². The van der Waals surface area contributed by atoms with Gasteiger partial charge in [-0.2, -0.15) is 0 Å². The molecule has 14 heavy (non-hydrogen) atoms. The molecule has 2 N–H and O–H groups in total. The predicted molar refractivity (Wildman–Crippen MR) is 59.7 cm³/mol. The zero-order chi connectivity index (χ0) is 10.3. The van der Waals surface area contributed by atoms with Crippen molar-refractivity contribution in [2.75, 3.05) is 11.5 Å². The van der Waals surface area contributed by atoms with Crippen LogP contribution < -0.4 is 5.73 Å². The largest absolute Gasteiger partial charge is 0.399 e. The van der Waals surface area contributed by atoms with Crippen molar-refractivity contribution in [3.05, 3.63) is 23.8 Å². The molecular formula is C11H13NOS. The molecule has 0 amide bonds. The molecule has 0 radical (unpaired) electrons. The lowest BCUT2D eigenvalue weighted by molar-refractivity contribution is 0.0856. The Bertz CT molecular complexity index is 398. The van der Waals surface area contributed by atoms with E-state index in [9.17, 15) is 4.79 Å². The van der Waals surface area contributed by atoms with Crippen LogP contribution in [0.25, 0.3) is 0 Å². The Labute approximate surface area is 87.9 Å². The molecule has 0 atom stereocenters.